The zero-order valence-corrected chi connectivity index (χ0v) is 14.7. The van der Waals surface area contributed by atoms with Gasteiger partial charge < -0.3 is 29.2 Å². The van der Waals surface area contributed by atoms with Crippen LogP contribution in [0.15, 0.2) is 29.4 Å². The highest BCUT2D eigenvalue weighted by Gasteiger charge is 2.55. The molecule has 2 N–H and O–H groups in total. The second kappa shape index (κ2) is 7.79. The smallest absolute Gasteiger partial charge is 0.229 e. The molecule has 0 bridgehead atoms. The first-order chi connectivity index (χ1) is 12.4. The van der Waals surface area contributed by atoms with E-state index in [-0.39, 0.29) is 6.61 Å². The molecule has 142 valence electrons. The maximum absolute atomic E-state index is 10.6. The fourth-order valence-electron chi connectivity index (χ4n) is 3.19. The average Bonchev–Trinajstić information content (AvgIpc) is 2.95. The van der Waals surface area contributed by atoms with E-state index in [1.165, 1.54) is 0 Å². The number of aliphatic hydroxyl groups excluding tert-OH is 2. The minimum atomic E-state index is -1.06. The molecule has 2 saturated heterocycles. The van der Waals surface area contributed by atoms with Crippen molar-refractivity contribution < 1.29 is 29.2 Å². The molecule has 5 atom stereocenters. The lowest BCUT2D eigenvalue weighted by atomic mass is 9.99. The summed E-state index contributed by atoms with van der Waals surface area (Å²) in [5.41, 5.74) is 9.30. The van der Waals surface area contributed by atoms with Crippen molar-refractivity contribution >= 4 is 0 Å². The largest absolute Gasteiger partial charge is 0.462 e. The van der Waals surface area contributed by atoms with Crippen LogP contribution in [0, 0.1) is 0 Å². The first kappa shape index (κ1) is 18.9. The molecule has 2 fully saturated rings. The number of nitrogens with zero attached hydrogens (tertiary/aromatic N) is 3. The summed E-state index contributed by atoms with van der Waals surface area (Å²) in [6, 6.07) is 7.19. The third-order valence-electron chi connectivity index (χ3n) is 4.37. The zero-order valence-electron chi connectivity index (χ0n) is 14.7. The molecule has 0 aromatic heterocycles. The Morgan fingerprint density at radius 2 is 1.92 bits per heavy atom. The second-order valence-corrected chi connectivity index (χ2v) is 6.75. The Hall–Kier alpha value is -1.87. The fourth-order valence-corrected chi connectivity index (χ4v) is 3.19. The lowest BCUT2D eigenvalue weighted by Crippen LogP contribution is -2.58. The normalized spacial score (nSPS) is 32.5. The predicted molar refractivity (Wildman–Crippen MR) is 90.4 cm³/mol. The van der Waals surface area contributed by atoms with Crippen molar-refractivity contribution in [2.45, 2.75) is 56.8 Å². The van der Waals surface area contributed by atoms with Crippen LogP contribution in [0.5, 0.6) is 5.75 Å². The van der Waals surface area contributed by atoms with Gasteiger partial charge in [0.05, 0.1) is 6.61 Å². The lowest BCUT2D eigenvalue weighted by molar-refractivity contribution is -0.254. The van der Waals surface area contributed by atoms with Gasteiger partial charge in [0.2, 0.25) is 6.29 Å². The van der Waals surface area contributed by atoms with Gasteiger partial charge in [-0.2, -0.15) is 0 Å². The topological polar surface area (TPSA) is 126 Å². The van der Waals surface area contributed by atoms with Gasteiger partial charge in [-0.15, -0.1) is 0 Å². The number of aliphatic hydroxyl groups is 2. The third kappa shape index (κ3) is 4.09. The van der Waals surface area contributed by atoms with E-state index in [1.54, 1.807) is 26.0 Å². The fraction of sp³-hybridized carbons (Fsp3) is 0.647. The highest BCUT2D eigenvalue weighted by Crippen LogP contribution is 2.37. The van der Waals surface area contributed by atoms with E-state index in [1.807, 2.05) is 12.1 Å². The second-order valence-electron chi connectivity index (χ2n) is 6.75. The number of benzene rings is 1. The molecule has 0 radical (unpaired) electrons. The van der Waals surface area contributed by atoms with Crippen molar-refractivity contribution in [3.8, 4) is 5.75 Å². The van der Waals surface area contributed by atoms with Crippen molar-refractivity contribution in [2.24, 2.45) is 5.11 Å². The Morgan fingerprint density at radius 3 is 2.58 bits per heavy atom. The number of ether oxygens (including phenoxy) is 4. The van der Waals surface area contributed by atoms with Crippen LogP contribution in [0.3, 0.4) is 0 Å². The molecule has 0 amide bonds. The molecule has 2 aliphatic rings. The molecule has 1 aromatic carbocycles. The first-order valence-electron chi connectivity index (χ1n) is 8.50. The van der Waals surface area contributed by atoms with Gasteiger partial charge in [0.1, 0.15) is 30.2 Å². The van der Waals surface area contributed by atoms with E-state index in [2.05, 4.69) is 10.0 Å². The molecule has 0 aliphatic carbocycles. The number of rotatable bonds is 6. The van der Waals surface area contributed by atoms with Gasteiger partial charge in [-0.1, -0.05) is 17.2 Å². The van der Waals surface area contributed by atoms with Crippen molar-refractivity contribution in [1.82, 2.24) is 0 Å². The molecule has 0 spiro atoms. The van der Waals surface area contributed by atoms with E-state index >= 15 is 0 Å². The molecule has 2 heterocycles. The van der Waals surface area contributed by atoms with E-state index in [0.717, 1.165) is 5.56 Å². The summed E-state index contributed by atoms with van der Waals surface area (Å²) in [4.78, 5) is 2.72. The van der Waals surface area contributed by atoms with Gasteiger partial charge in [0, 0.05) is 11.5 Å². The Morgan fingerprint density at radius 1 is 1.23 bits per heavy atom. The first-order valence-corrected chi connectivity index (χ1v) is 8.50. The van der Waals surface area contributed by atoms with Crippen LogP contribution in [-0.2, 0) is 20.6 Å². The lowest BCUT2D eigenvalue weighted by Gasteiger charge is -2.39. The predicted octanol–water partition coefficient (Wildman–Crippen LogP) is 1.52. The highest BCUT2D eigenvalue weighted by molar-refractivity contribution is 5.27. The van der Waals surface area contributed by atoms with E-state index in [9.17, 15) is 10.2 Å². The van der Waals surface area contributed by atoms with Gasteiger partial charge in [-0.3, -0.25) is 0 Å². The van der Waals surface area contributed by atoms with Gasteiger partial charge in [-0.25, -0.2) is 0 Å². The minimum absolute atomic E-state index is 0.272. The number of hydrogen-bond acceptors (Lipinski definition) is 7. The van der Waals surface area contributed by atoms with Crippen molar-refractivity contribution in [3.05, 3.63) is 40.3 Å². The zero-order chi connectivity index (χ0) is 18.7. The summed E-state index contributed by atoms with van der Waals surface area (Å²) in [7, 11) is 0. The number of azide groups is 1. The maximum Gasteiger partial charge on any atom is 0.229 e. The van der Waals surface area contributed by atoms with Crippen LogP contribution in [0.4, 0.5) is 0 Å². The van der Waals surface area contributed by atoms with E-state index in [0.29, 0.717) is 18.7 Å². The highest BCUT2D eigenvalue weighted by atomic mass is 16.8. The van der Waals surface area contributed by atoms with Crippen LogP contribution >= 0.6 is 0 Å². The molecular formula is C17H23N3O6. The molecule has 0 saturated carbocycles. The molecule has 3 rings (SSSR count). The molecule has 9 nitrogen and oxygen atoms in total. The molecule has 1 aromatic rings. The van der Waals surface area contributed by atoms with E-state index < -0.39 is 36.5 Å². The summed E-state index contributed by atoms with van der Waals surface area (Å²) in [6.45, 7) is 3.61. The van der Waals surface area contributed by atoms with Gasteiger partial charge in [-0.05, 0) is 43.5 Å². The van der Waals surface area contributed by atoms with Crippen molar-refractivity contribution in [3.63, 3.8) is 0 Å². The van der Waals surface area contributed by atoms with Gasteiger partial charge in [0.15, 0.2) is 5.79 Å². The van der Waals surface area contributed by atoms with Crippen molar-refractivity contribution in [1.29, 1.82) is 0 Å². The molecule has 2 aliphatic heterocycles. The third-order valence-corrected chi connectivity index (χ3v) is 4.37. The van der Waals surface area contributed by atoms with Crippen LogP contribution in [0.1, 0.15) is 19.4 Å². The quantitative estimate of drug-likeness (QED) is 0.447. The Kier molecular flexibility index (Phi) is 5.67. The molecule has 26 heavy (non-hydrogen) atoms. The van der Waals surface area contributed by atoms with E-state index in [4.69, 9.17) is 24.5 Å². The summed E-state index contributed by atoms with van der Waals surface area (Å²) in [6.07, 6.45) is -3.28. The minimum Gasteiger partial charge on any atom is -0.462 e. The summed E-state index contributed by atoms with van der Waals surface area (Å²) >= 11 is 0. The number of hydrogen-bond donors (Lipinski definition) is 2. The Balaban J connectivity index is 1.66. The summed E-state index contributed by atoms with van der Waals surface area (Å²) in [5, 5.41) is 23.6. The van der Waals surface area contributed by atoms with Gasteiger partial charge in [0.25, 0.3) is 0 Å². The van der Waals surface area contributed by atoms with Gasteiger partial charge >= 0.3 is 0 Å². The summed E-state index contributed by atoms with van der Waals surface area (Å²) < 4.78 is 22.9. The Labute approximate surface area is 151 Å². The van der Waals surface area contributed by atoms with Crippen LogP contribution in [-0.4, -0.2) is 59.9 Å². The molecule has 0 unspecified atom stereocenters. The van der Waals surface area contributed by atoms with Crippen LogP contribution < -0.4 is 4.74 Å². The molecular weight excluding hydrogens is 342 g/mol. The SMILES string of the molecule is CC1(C)O[C@@H]2[C@@H](O)[C@H](Oc3ccc(CCN=[N+]=[N-])cc3)O[C@H](CO)[C@@H]2O1. The molecule has 9 heteroatoms. The van der Waals surface area contributed by atoms with Crippen LogP contribution in [0.2, 0.25) is 0 Å². The maximum atomic E-state index is 10.6. The average molecular weight is 365 g/mol. The monoisotopic (exact) mass is 365 g/mol. The van der Waals surface area contributed by atoms with Crippen LogP contribution in [0.25, 0.3) is 10.4 Å². The standard InChI is InChI=1S/C17H23N3O6/c1-17(2)25-14-12(9-21)24-16(13(22)15(14)26-17)23-11-5-3-10(4-6-11)7-8-19-20-18/h3-6,12-16,21-22H,7-9H2,1-2H3/t12-,13-,14+,15-,16-/m1/s1. The Bertz CT molecular complexity index is 661. The van der Waals surface area contributed by atoms with Crippen molar-refractivity contribution in [2.75, 3.05) is 13.2 Å². The number of fused-ring (bicyclic) bond motifs is 1. The summed E-state index contributed by atoms with van der Waals surface area (Å²) in [5.74, 6) is -0.356.